The van der Waals surface area contributed by atoms with Crippen molar-refractivity contribution in [3.05, 3.63) is 27.7 Å². The van der Waals surface area contributed by atoms with E-state index in [9.17, 15) is 0 Å². The number of hydrogen-bond acceptors (Lipinski definition) is 2. The predicted molar refractivity (Wildman–Crippen MR) is 65.4 cm³/mol. The van der Waals surface area contributed by atoms with Crippen molar-refractivity contribution in [2.75, 3.05) is 14.1 Å². The lowest BCUT2D eigenvalue weighted by Crippen LogP contribution is -2.07. The van der Waals surface area contributed by atoms with Gasteiger partial charge in [0.25, 0.3) is 0 Å². The van der Waals surface area contributed by atoms with Gasteiger partial charge in [-0.15, -0.1) is 0 Å². The number of nitrogens with zero attached hydrogens (tertiary/aromatic N) is 3. The zero-order valence-corrected chi connectivity index (χ0v) is 10.5. The number of rotatable bonds is 2. The second-order valence-corrected chi connectivity index (χ2v) is 4.29. The third-order valence-electron chi connectivity index (χ3n) is 1.83. The van der Waals surface area contributed by atoms with Crippen molar-refractivity contribution in [3.63, 3.8) is 0 Å². The molecule has 78 valence electrons. The van der Waals surface area contributed by atoms with Gasteiger partial charge in [-0.2, -0.15) is 5.26 Å². The average Bonchev–Trinajstić information content (AvgIpc) is 2.19. The molecule has 0 aliphatic carbocycles. The van der Waals surface area contributed by atoms with Crippen LogP contribution in [0.5, 0.6) is 0 Å². The minimum atomic E-state index is 0.575. The molecule has 1 aromatic rings. The number of benzene rings is 1. The van der Waals surface area contributed by atoms with Gasteiger partial charge in [0.2, 0.25) is 0 Å². The van der Waals surface area contributed by atoms with Crippen LogP contribution in [0.4, 0.5) is 5.69 Å². The van der Waals surface area contributed by atoms with E-state index in [1.165, 1.54) is 0 Å². The van der Waals surface area contributed by atoms with E-state index in [1.807, 2.05) is 32.0 Å². The van der Waals surface area contributed by atoms with E-state index >= 15 is 0 Å². The van der Waals surface area contributed by atoms with Crippen molar-refractivity contribution in [3.8, 4) is 6.07 Å². The van der Waals surface area contributed by atoms with Crippen LogP contribution in [0.2, 0.25) is 0 Å². The first-order chi connectivity index (χ1) is 7.04. The van der Waals surface area contributed by atoms with E-state index in [0.29, 0.717) is 11.3 Å². The smallest absolute Gasteiger partial charge is 0.101 e. The normalized spacial score (nSPS) is 10.3. The fourth-order valence-corrected chi connectivity index (χ4v) is 1.38. The molecule has 0 atom stereocenters. The van der Waals surface area contributed by atoms with Crippen LogP contribution < -0.4 is 0 Å². The zero-order chi connectivity index (χ0) is 11.4. The SMILES string of the molecule is Cc1cc(N=CN(C)C)c(C#N)cc1Br. The fourth-order valence-electron chi connectivity index (χ4n) is 1.04. The second-order valence-electron chi connectivity index (χ2n) is 3.44. The fraction of sp³-hybridized carbons (Fsp3) is 0.273. The molecule has 0 aromatic heterocycles. The Morgan fingerprint density at radius 3 is 2.67 bits per heavy atom. The molecular weight excluding hydrogens is 254 g/mol. The first-order valence-corrected chi connectivity index (χ1v) is 5.24. The molecule has 0 aliphatic heterocycles. The number of hydrogen-bond donors (Lipinski definition) is 0. The van der Waals surface area contributed by atoms with Crippen molar-refractivity contribution < 1.29 is 0 Å². The Bertz CT molecular complexity index is 430. The Morgan fingerprint density at radius 1 is 1.47 bits per heavy atom. The summed E-state index contributed by atoms with van der Waals surface area (Å²) in [6.45, 7) is 1.97. The van der Waals surface area contributed by atoms with Crippen molar-refractivity contribution >= 4 is 28.0 Å². The van der Waals surface area contributed by atoms with Crippen LogP contribution in [0.25, 0.3) is 0 Å². The number of aryl methyl sites for hydroxylation is 1. The van der Waals surface area contributed by atoms with Gasteiger partial charge in [0, 0.05) is 18.6 Å². The maximum absolute atomic E-state index is 8.94. The van der Waals surface area contributed by atoms with Gasteiger partial charge in [0.1, 0.15) is 6.07 Å². The van der Waals surface area contributed by atoms with E-state index in [4.69, 9.17) is 5.26 Å². The van der Waals surface area contributed by atoms with Crippen LogP contribution >= 0.6 is 15.9 Å². The number of aliphatic imine (C=N–C) groups is 1. The van der Waals surface area contributed by atoms with Gasteiger partial charge in [-0.1, -0.05) is 15.9 Å². The molecule has 0 radical (unpaired) electrons. The predicted octanol–water partition coefficient (Wildman–Crippen LogP) is 2.85. The van der Waals surface area contributed by atoms with Crippen molar-refractivity contribution in [1.29, 1.82) is 5.26 Å². The van der Waals surface area contributed by atoms with Gasteiger partial charge in [0.15, 0.2) is 0 Å². The Hall–Kier alpha value is -1.34. The minimum absolute atomic E-state index is 0.575. The Balaban J connectivity index is 3.18. The highest BCUT2D eigenvalue weighted by atomic mass is 79.9. The van der Waals surface area contributed by atoms with Gasteiger partial charge in [-0.25, -0.2) is 4.99 Å². The first-order valence-electron chi connectivity index (χ1n) is 4.45. The highest BCUT2D eigenvalue weighted by Gasteiger charge is 2.04. The Morgan fingerprint density at radius 2 is 2.13 bits per heavy atom. The summed E-state index contributed by atoms with van der Waals surface area (Å²) in [7, 11) is 3.78. The van der Waals surface area contributed by atoms with Crippen molar-refractivity contribution in [2.24, 2.45) is 4.99 Å². The second kappa shape index (κ2) is 4.94. The maximum Gasteiger partial charge on any atom is 0.101 e. The summed E-state index contributed by atoms with van der Waals surface area (Å²) in [4.78, 5) is 6.07. The summed E-state index contributed by atoms with van der Waals surface area (Å²) in [5.41, 5.74) is 2.34. The summed E-state index contributed by atoms with van der Waals surface area (Å²) in [5, 5.41) is 8.94. The van der Waals surface area contributed by atoms with E-state index < -0.39 is 0 Å². The van der Waals surface area contributed by atoms with Crippen LogP contribution in [0.15, 0.2) is 21.6 Å². The van der Waals surface area contributed by atoms with E-state index in [0.717, 1.165) is 10.0 Å². The van der Waals surface area contributed by atoms with Crippen LogP contribution in [0.3, 0.4) is 0 Å². The summed E-state index contributed by atoms with van der Waals surface area (Å²) >= 11 is 3.39. The first kappa shape index (κ1) is 11.7. The van der Waals surface area contributed by atoms with Crippen LogP contribution in [0.1, 0.15) is 11.1 Å². The largest absolute Gasteiger partial charge is 0.369 e. The summed E-state index contributed by atoms with van der Waals surface area (Å²) in [6, 6.07) is 5.81. The van der Waals surface area contributed by atoms with Crippen LogP contribution in [-0.2, 0) is 0 Å². The standard InChI is InChI=1S/C11H12BrN3/c1-8-4-11(14-7-15(2)3)9(6-13)5-10(8)12/h4-5,7H,1-3H3. The van der Waals surface area contributed by atoms with Gasteiger partial charge in [0.05, 0.1) is 17.6 Å². The molecule has 1 rings (SSSR count). The maximum atomic E-state index is 8.94. The molecule has 15 heavy (non-hydrogen) atoms. The lowest BCUT2D eigenvalue weighted by molar-refractivity contribution is 0.643. The topological polar surface area (TPSA) is 39.4 Å². The summed E-state index contributed by atoms with van der Waals surface area (Å²) in [5.74, 6) is 0. The highest BCUT2D eigenvalue weighted by molar-refractivity contribution is 9.10. The minimum Gasteiger partial charge on any atom is -0.369 e. The molecule has 0 bridgehead atoms. The van der Waals surface area contributed by atoms with Gasteiger partial charge in [-0.3, -0.25) is 0 Å². The molecule has 0 unspecified atom stereocenters. The zero-order valence-electron chi connectivity index (χ0n) is 8.95. The quantitative estimate of drug-likeness (QED) is 0.610. The van der Waals surface area contributed by atoms with Crippen molar-refractivity contribution in [2.45, 2.75) is 6.92 Å². The van der Waals surface area contributed by atoms with E-state index in [2.05, 4.69) is 27.0 Å². The lowest BCUT2D eigenvalue weighted by Gasteiger charge is -2.05. The van der Waals surface area contributed by atoms with Crippen LogP contribution in [0, 0.1) is 18.3 Å². The lowest BCUT2D eigenvalue weighted by atomic mass is 10.1. The molecule has 0 N–H and O–H groups in total. The van der Waals surface area contributed by atoms with E-state index in [1.54, 1.807) is 12.4 Å². The summed E-state index contributed by atoms with van der Waals surface area (Å²) in [6.07, 6.45) is 1.68. The highest BCUT2D eigenvalue weighted by Crippen LogP contribution is 2.26. The summed E-state index contributed by atoms with van der Waals surface area (Å²) < 4.78 is 0.933. The van der Waals surface area contributed by atoms with Crippen LogP contribution in [-0.4, -0.2) is 25.3 Å². The van der Waals surface area contributed by atoms with Gasteiger partial charge in [-0.05, 0) is 24.6 Å². The molecule has 0 heterocycles. The molecule has 3 nitrogen and oxygen atoms in total. The monoisotopic (exact) mass is 265 g/mol. The van der Waals surface area contributed by atoms with Gasteiger partial charge < -0.3 is 4.90 Å². The molecular formula is C11H12BrN3. The molecule has 0 amide bonds. The average molecular weight is 266 g/mol. The molecule has 0 saturated heterocycles. The third-order valence-corrected chi connectivity index (χ3v) is 2.68. The number of halogens is 1. The third kappa shape index (κ3) is 3.07. The molecule has 0 saturated carbocycles. The molecule has 0 aliphatic rings. The molecule has 0 spiro atoms. The number of nitriles is 1. The molecule has 0 fully saturated rings. The Labute approximate surface area is 98.2 Å². The van der Waals surface area contributed by atoms with Crippen molar-refractivity contribution in [1.82, 2.24) is 4.90 Å². The van der Waals surface area contributed by atoms with Gasteiger partial charge >= 0.3 is 0 Å². The molecule has 4 heteroatoms. The molecule has 1 aromatic carbocycles. The Kier molecular flexibility index (Phi) is 3.87. The van der Waals surface area contributed by atoms with E-state index in [-0.39, 0.29) is 0 Å².